The minimum atomic E-state index is 0.0208. The van der Waals surface area contributed by atoms with E-state index < -0.39 is 0 Å². The summed E-state index contributed by atoms with van der Waals surface area (Å²) in [5.41, 5.74) is 10.1. The second-order valence-electron chi connectivity index (χ2n) is 7.36. The van der Waals surface area contributed by atoms with Gasteiger partial charge in [-0.05, 0) is 55.2 Å². The molecule has 0 radical (unpaired) electrons. The number of nitrogens with zero attached hydrogens (tertiary/aromatic N) is 1. The second-order valence-corrected chi connectivity index (χ2v) is 8.21. The number of benzene rings is 2. The maximum atomic E-state index is 12.9. The lowest BCUT2D eigenvalue weighted by Crippen LogP contribution is -2.46. The number of amides is 1. The Balaban J connectivity index is 1.52. The molecule has 2 aromatic rings. The van der Waals surface area contributed by atoms with Crippen molar-refractivity contribution < 1.29 is 9.53 Å². The van der Waals surface area contributed by atoms with Gasteiger partial charge in [0, 0.05) is 40.6 Å². The van der Waals surface area contributed by atoms with Crippen molar-refractivity contribution in [2.24, 2.45) is 5.73 Å². The third-order valence-electron chi connectivity index (χ3n) is 5.77. The van der Waals surface area contributed by atoms with Crippen LogP contribution in [0.2, 0.25) is 0 Å². The van der Waals surface area contributed by atoms with Gasteiger partial charge < -0.3 is 15.4 Å². The van der Waals surface area contributed by atoms with Crippen molar-refractivity contribution in [3.05, 3.63) is 63.1 Å². The first kappa shape index (κ1) is 17.6. The molecule has 0 aromatic heterocycles. The first-order valence-corrected chi connectivity index (χ1v) is 9.83. The molecule has 4 rings (SSSR count). The van der Waals surface area contributed by atoms with Crippen LogP contribution in [-0.2, 0) is 12.0 Å². The number of carbonyl (C=O) groups excluding carboxylic acids is 1. The molecule has 26 heavy (non-hydrogen) atoms. The van der Waals surface area contributed by atoms with Crippen LogP contribution in [0.3, 0.4) is 0 Å². The Morgan fingerprint density at radius 1 is 1.23 bits per heavy atom. The molecule has 2 heterocycles. The Morgan fingerprint density at radius 3 is 2.69 bits per heavy atom. The molecular weight excluding hydrogens is 392 g/mol. The molecule has 136 valence electrons. The van der Waals surface area contributed by atoms with Crippen LogP contribution in [0, 0.1) is 6.92 Å². The average Bonchev–Trinajstić information content (AvgIpc) is 3.01. The number of hydrogen-bond donors (Lipinski definition) is 1. The molecule has 0 saturated carbocycles. The molecule has 1 spiro atoms. The number of likely N-dealkylation sites (tertiary alicyclic amines) is 1. The standard InChI is InChI=1S/C21H23BrN2O2/c1-14-10-16(3-4-18(14)22)20(25)24-8-6-21(7-9-24)13-26-19-5-2-15(12-23)11-17(19)21/h2-5,10-11H,6-9,12-13,23H2,1H3. The molecule has 0 bridgehead atoms. The molecule has 2 aliphatic heterocycles. The number of carbonyl (C=O) groups is 1. The van der Waals surface area contributed by atoms with Gasteiger partial charge in [-0.2, -0.15) is 0 Å². The number of halogens is 1. The van der Waals surface area contributed by atoms with Crippen molar-refractivity contribution in [3.63, 3.8) is 0 Å². The number of ether oxygens (including phenoxy) is 1. The van der Waals surface area contributed by atoms with Gasteiger partial charge in [-0.15, -0.1) is 0 Å². The third-order valence-corrected chi connectivity index (χ3v) is 6.66. The molecular formula is C21H23BrN2O2. The molecule has 2 aromatic carbocycles. The summed E-state index contributed by atoms with van der Waals surface area (Å²) in [4.78, 5) is 14.8. The number of piperidine rings is 1. The molecule has 1 saturated heterocycles. The van der Waals surface area contributed by atoms with Gasteiger partial charge in [-0.1, -0.05) is 28.1 Å². The summed E-state index contributed by atoms with van der Waals surface area (Å²) in [7, 11) is 0. The van der Waals surface area contributed by atoms with Gasteiger partial charge in [0.15, 0.2) is 0 Å². The highest BCUT2D eigenvalue weighted by molar-refractivity contribution is 9.10. The largest absolute Gasteiger partial charge is 0.492 e. The van der Waals surface area contributed by atoms with E-state index in [2.05, 4.69) is 22.0 Å². The van der Waals surface area contributed by atoms with Crippen molar-refractivity contribution in [1.29, 1.82) is 0 Å². The van der Waals surface area contributed by atoms with E-state index in [-0.39, 0.29) is 11.3 Å². The van der Waals surface area contributed by atoms with Crippen molar-refractivity contribution in [2.45, 2.75) is 31.7 Å². The van der Waals surface area contributed by atoms with E-state index in [0.29, 0.717) is 13.2 Å². The monoisotopic (exact) mass is 414 g/mol. The van der Waals surface area contributed by atoms with Gasteiger partial charge in [0.2, 0.25) is 0 Å². The first-order chi connectivity index (χ1) is 12.5. The van der Waals surface area contributed by atoms with E-state index in [4.69, 9.17) is 10.5 Å². The van der Waals surface area contributed by atoms with Crippen LogP contribution in [0.4, 0.5) is 0 Å². The lowest BCUT2D eigenvalue weighted by molar-refractivity contribution is 0.0646. The zero-order valence-corrected chi connectivity index (χ0v) is 16.5. The number of hydrogen-bond acceptors (Lipinski definition) is 3. The quantitative estimate of drug-likeness (QED) is 0.812. The van der Waals surface area contributed by atoms with Crippen LogP contribution in [-0.4, -0.2) is 30.5 Å². The van der Waals surface area contributed by atoms with Crippen LogP contribution >= 0.6 is 15.9 Å². The van der Waals surface area contributed by atoms with Crippen LogP contribution in [0.15, 0.2) is 40.9 Å². The first-order valence-electron chi connectivity index (χ1n) is 9.04. The van der Waals surface area contributed by atoms with E-state index >= 15 is 0 Å². The smallest absolute Gasteiger partial charge is 0.253 e. The summed E-state index contributed by atoms with van der Waals surface area (Å²) in [5, 5.41) is 0. The van der Waals surface area contributed by atoms with Crippen molar-refractivity contribution in [3.8, 4) is 5.75 Å². The zero-order valence-electron chi connectivity index (χ0n) is 14.9. The molecule has 0 unspecified atom stereocenters. The van der Waals surface area contributed by atoms with Crippen LogP contribution in [0.5, 0.6) is 5.75 Å². The maximum absolute atomic E-state index is 12.9. The van der Waals surface area contributed by atoms with Crippen LogP contribution in [0.1, 0.15) is 39.9 Å². The summed E-state index contributed by atoms with van der Waals surface area (Å²) < 4.78 is 6.98. The lowest BCUT2D eigenvalue weighted by atomic mass is 9.74. The summed E-state index contributed by atoms with van der Waals surface area (Å²) in [6, 6.07) is 12.1. The normalized spacial score (nSPS) is 17.9. The Bertz CT molecular complexity index is 857. The second kappa shape index (κ2) is 6.71. The average molecular weight is 415 g/mol. The molecule has 0 aliphatic carbocycles. The predicted octanol–water partition coefficient (Wildman–Crippen LogP) is 3.78. The van der Waals surface area contributed by atoms with Gasteiger partial charge in [-0.25, -0.2) is 0 Å². The van der Waals surface area contributed by atoms with E-state index in [0.717, 1.165) is 52.8 Å². The third kappa shape index (κ3) is 2.93. The summed E-state index contributed by atoms with van der Waals surface area (Å²) in [6.45, 7) is 4.76. The van der Waals surface area contributed by atoms with Crippen molar-refractivity contribution in [1.82, 2.24) is 4.90 Å². The van der Waals surface area contributed by atoms with Gasteiger partial charge in [-0.3, -0.25) is 4.79 Å². The van der Waals surface area contributed by atoms with Crippen LogP contribution < -0.4 is 10.5 Å². The van der Waals surface area contributed by atoms with Crippen molar-refractivity contribution >= 4 is 21.8 Å². The highest BCUT2D eigenvalue weighted by Gasteiger charge is 2.43. The van der Waals surface area contributed by atoms with E-state index in [1.165, 1.54) is 5.56 Å². The Kier molecular flexibility index (Phi) is 4.53. The van der Waals surface area contributed by atoms with Gasteiger partial charge in [0.1, 0.15) is 5.75 Å². The molecule has 0 atom stereocenters. The molecule has 1 amide bonds. The number of rotatable bonds is 2. The van der Waals surface area contributed by atoms with Crippen molar-refractivity contribution in [2.75, 3.05) is 19.7 Å². The lowest BCUT2D eigenvalue weighted by Gasteiger charge is -2.38. The topological polar surface area (TPSA) is 55.6 Å². The maximum Gasteiger partial charge on any atom is 0.253 e. The Labute approximate surface area is 162 Å². The fourth-order valence-electron chi connectivity index (χ4n) is 4.05. The Hall–Kier alpha value is -1.85. The molecule has 2 aliphatic rings. The highest BCUT2D eigenvalue weighted by Crippen LogP contribution is 2.46. The SMILES string of the molecule is Cc1cc(C(=O)N2CCC3(CC2)COc2ccc(CN)cc23)ccc1Br. The Morgan fingerprint density at radius 2 is 2.00 bits per heavy atom. The van der Waals surface area contributed by atoms with Crippen LogP contribution in [0.25, 0.3) is 0 Å². The zero-order chi connectivity index (χ0) is 18.3. The minimum absolute atomic E-state index is 0.0208. The van der Waals surface area contributed by atoms with E-state index in [1.807, 2.05) is 42.2 Å². The number of fused-ring (bicyclic) bond motifs is 2. The summed E-state index contributed by atoms with van der Waals surface area (Å²) in [5.74, 6) is 1.09. The van der Waals surface area contributed by atoms with Gasteiger partial charge in [0.05, 0.1) is 6.61 Å². The summed E-state index contributed by atoms with van der Waals surface area (Å²) >= 11 is 3.49. The van der Waals surface area contributed by atoms with Gasteiger partial charge in [0.25, 0.3) is 5.91 Å². The van der Waals surface area contributed by atoms with E-state index in [1.54, 1.807) is 0 Å². The molecule has 2 N–H and O–H groups in total. The summed E-state index contributed by atoms with van der Waals surface area (Å²) in [6.07, 6.45) is 1.85. The number of aryl methyl sites for hydroxylation is 1. The fourth-order valence-corrected chi connectivity index (χ4v) is 4.30. The van der Waals surface area contributed by atoms with Gasteiger partial charge >= 0.3 is 0 Å². The fraction of sp³-hybridized carbons (Fsp3) is 0.381. The number of nitrogens with two attached hydrogens (primary N) is 1. The highest BCUT2D eigenvalue weighted by atomic mass is 79.9. The molecule has 5 heteroatoms. The molecule has 4 nitrogen and oxygen atoms in total. The molecule has 1 fully saturated rings. The minimum Gasteiger partial charge on any atom is -0.492 e. The predicted molar refractivity (Wildman–Crippen MR) is 106 cm³/mol. The van der Waals surface area contributed by atoms with E-state index in [9.17, 15) is 4.79 Å².